The van der Waals surface area contributed by atoms with E-state index in [4.69, 9.17) is 4.52 Å². The number of hydrogen-bond acceptors (Lipinski definition) is 19. The minimum absolute atomic E-state index is 0.114. The summed E-state index contributed by atoms with van der Waals surface area (Å²) in [4.78, 5) is 80.7. The first-order valence-electron chi connectivity index (χ1n) is 43.5. The van der Waals surface area contributed by atoms with Crippen LogP contribution >= 0.6 is 34.4 Å². The van der Waals surface area contributed by atoms with Crippen LogP contribution in [0, 0.1) is 0 Å². The van der Waals surface area contributed by atoms with Gasteiger partial charge in [-0.2, -0.15) is 29.1 Å². The van der Waals surface area contributed by atoms with Crippen molar-refractivity contribution in [1.29, 1.82) is 0 Å². The lowest BCUT2D eigenvalue weighted by molar-refractivity contribution is -0.124. The van der Waals surface area contributed by atoms with Crippen LogP contribution in [-0.4, -0.2) is 145 Å². The highest BCUT2D eigenvalue weighted by atomic mass is 32.1. The van der Waals surface area contributed by atoms with Crippen LogP contribution in [0.4, 0.5) is 17.8 Å². The maximum absolute atomic E-state index is 12.4. The van der Waals surface area contributed by atoms with Crippen molar-refractivity contribution in [2.24, 2.45) is 0 Å². The van der Waals surface area contributed by atoms with E-state index in [0.717, 1.165) is 79.7 Å². The summed E-state index contributed by atoms with van der Waals surface area (Å²) >= 11 is 4.95. The number of H-pyrrole nitrogens is 2. The van der Waals surface area contributed by atoms with Crippen molar-refractivity contribution in [2.75, 3.05) is 14.7 Å². The van der Waals surface area contributed by atoms with Gasteiger partial charge in [-0.15, -0.1) is 11.3 Å². The second kappa shape index (κ2) is 37.9. The average Bonchev–Trinajstić information content (AvgIpc) is 1.58. The lowest BCUT2D eigenvalue weighted by Gasteiger charge is -2.30. The molecule has 5 amide bonds. The molecule has 4 aliphatic heterocycles. The molecule has 2 N–H and O–H groups in total. The Bertz CT molecular complexity index is 5060. The zero-order valence-electron chi connectivity index (χ0n) is 79.6. The van der Waals surface area contributed by atoms with E-state index in [2.05, 4.69) is 226 Å². The molecule has 0 radical (unpaired) electrons. The van der Waals surface area contributed by atoms with Crippen molar-refractivity contribution in [3.63, 3.8) is 0 Å². The van der Waals surface area contributed by atoms with Crippen LogP contribution in [0.5, 0.6) is 0 Å². The second-order valence-corrected chi connectivity index (χ2v) is 41.3. The number of fused-ring (bicyclic) bond motifs is 8. The van der Waals surface area contributed by atoms with Gasteiger partial charge in [0.05, 0.1) is 79.0 Å². The van der Waals surface area contributed by atoms with Gasteiger partial charge in [-0.05, 0) is 207 Å². The van der Waals surface area contributed by atoms with Gasteiger partial charge in [0.15, 0.2) is 5.58 Å². The number of rotatable bonds is 14. The van der Waals surface area contributed by atoms with Crippen molar-refractivity contribution in [3.05, 3.63) is 111 Å². The van der Waals surface area contributed by atoms with Gasteiger partial charge >= 0.3 is 0 Å². The number of aromatic amines is 2. The fourth-order valence-electron chi connectivity index (χ4n) is 15.1. The van der Waals surface area contributed by atoms with Gasteiger partial charge in [0.1, 0.15) is 45.9 Å². The second-order valence-electron chi connectivity index (χ2n) is 38.9. The van der Waals surface area contributed by atoms with E-state index < -0.39 is 11.1 Å². The molecule has 666 valence electrons. The van der Waals surface area contributed by atoms with Crippen LogP contribution in [0.1, 0.15) is 399 Å². The fourth-order valence-corrected chi connectivity index (χ4v) is 18.9. The summed E-state index contributed by atoms with van der Waals surface area (Å²) in [5, 5.41) is 29.7. The van der Waals surface area contributed by atoms with Crippen molar-refractivity contribution >= 4 is 124 Å². The van der Waals surface area contributed by atoms with E-state index in [9.17, 15) is 24.0 Å². The largest absolute Gasteiger partial charge is 0.355 e. The molecule has 4 aliphatic rings. The molecule has 28 nitrogen and oxygen atoms in total. The predicted octanol–water partition coefficient (Wildman–Crippen LogP) is 22.3. The highest BCUT2D eigenvalue weighted by Gasteiger charge is 2.48. The number of carbonyl (C=O) groups is 5. The number of nitrogens with zero attached hydrogens (tertiary/aromatic N) is 20. The smallest absolute Gasteiger partial charge is 0.263 e. The molecule has 1 atom stereocenters. The van der Waals surface area contributed by atoms with Crippen molar-refractivity contribution in [3.8, 4) is 0 Å². The Morgan fingerprint density at radius 2 is 0.951 bits per heavy atom. The Hall–Kier alpha value is -9.49. The topological polar surface area (TPSA) is 302 Å². The Labute approximate surface area is 734 Å². The summed E-state index contributed by atoms with van der Waals surface area (Å²) in [7, 11) is 0. The van der Waals surface area contributed by atoms with Crippen LogP contribution in [0.25, 0.3) is 41.7 Å². The fraction of sp³-hybridized carbons (Fsp3) is 0.615. The number of imidazole rings is 3. The van der Waals surface area contributed by atoms with Gasteiger partial charge in [-0.3, -0.25) is 67.7 Å². The van der Waals surface area contributed by atoms with Crippen LogP contribution in [0.3, 0.4) is 0 Å². The SMILES string of the molecule is CC(C)(C)N1C(=O)c2cn(C(C)(C)C)cc2C1=O.CC(C)c1cnc2n1C(C)(C)C(=O)N2C(C)C.CC(C)c1cnc2n1C(C)C(=O)N2C(C)C.CC(C)c1cnc2n1CC(=O)N2C(C)C.CC(C)c1csc2c(C(C)C)noc12.CC(C)c1n[nH]c2c(C(C)C)[nH]nc12.CC(C)c1nsc2c(C(C)C)nsc12.CC(C)n1ncc2c1cnn2C(C)C. The van der Waals surface area contributed by atoms with E-state index >= 15 is 0 Å². The van der Waals surface area contributed by atoms with Crippen LogP contribution < -0.4 is 14.7 Å². The highest BCUT2D eigenvalue weighted by molar-refractivity contribution is 7.22. The molecule has 12 aromatic rings. The maximum atomic E-state index is 12.4. The molecule has 16 heterocycles. The van der Waals surface area contributed by atoms with Crippen molar-refractivity contribution in [2.45, 2.75) is 369 Å². The summed E-state index contributed by atoms with van der Waals surface area (Å²) in [6.07, 6.45) is 13.0. The molecule has 16 rings (SSSR count). The maximum Gasteiger partial charge on any atom is 0.263 e. The van der Waals surface area contributed by atoms with Gasteiger partial charge < -0.3 is 18.2 Å². The van der Waals surface area contributed by atoms with E-state index in [1.165, 1.54) is 36.0 Å². The van der Waals surface area contributed by atoms with E-state index in [1.807, 2.05) is 153 Å². The molecule has 0 saturated heterocycles. The van der Waals surface area contributed by atoms with E-state index in [0.29, 0.717) is 83.0 Å². The molecule has 0 aromatic carbocycles. The molecule has 31 heteroatoms. The molecule has 0 fully saturated rings. The van der Waals surface area contributed by atoms with Gasteiger partial charge in [-0.25, -0.2) is 15.0 Å². The van der Waals surface area contributed by atoms with Crippen LogP contribution in [-0.2, 0) is 32.0 Å². The zero-order valence-corrected chi connectivity index (χ0v) is 82.1. The van der Waals surface area contributed by atoms with Crippen molar-refractivity contribution < 1.29 is 28.5 Å². The minimum atomic E-state index is -0.518. The number of anilines is 3. The predicted molar refractivity (Wildman–Crippen MR) is 497 cm³/mol. The molecule has 122 heavy (non-hydrogen) atoms. The average molecular weight is 1730 g/mol. The van der Waals surface area contributed by atoms with Gasteiger partial charge in [-0.1, -0.05) is 130 Å². The normalized spacial score (nSPS) is 15.1. The Morgan fingerprint density at radius 3 is 1.39 bits per heavy atom. The molecule has 0 saturated carbocycles. The first-order chi connectivity index (χ1) is 56.7. The highest BCUT2D eigenvalue weighted by Crippen LogP contribution is 2.42. The molecule has 1 unspecified atom stereocenters. The molecular formula is C91H138N22O6S3. The molecule has 12 aromatic heterocycles. The third-order valence-electron chi connectivity index (χ3n) is 21.8. The summed E-state index contributed by atoms with van der Waals surface area (Å²) in [6, 6.07) is 1.15. The zero-order chi connectivity index (χ0) is 91.2. The third-order valence-corrected chi connectivity index (χ3v) is 24.7. The molecule has 0 spiro atoms. The number of hydrogen-bond donors (Lipinski definition) is 2. The van der Waals surface area contributed by atoms with Crippen molar-refractivity contribution in [1.82, 2.24) is 92.0 Å². The molecule has 0 aliphatic carbocycles. The Balaban J connectivity index is 0.000000159. The van der Waals surface area contributed by atoms with Gasteiger partial charge in [0.25, 0.3) is 23.6 Å². The standard InChI is InChI=1S/C14H20N2O2.C13H21N3O.C12H19N3O.C11H17N3O.C11H15NOS.2C10H16N4.C10H14N2S2/c1-13(2,3)15-7-9-10(8-15)12(18)16(11(9)17)14(4,5)6;1-8(2)10-7-14-12-15(9(3)4)11(17)13(5,6)16(10)12;1-7(2)10-6-13-12-14(8(3)4)11(16)9(5)15(10)12;1-7(2)9-5-12-11-13(9)6-10(15)14(11)8(3)4;1-6(2)8-5-14-11-9(7(3)4)12-13-10(8)11;1-7(2)13-9-5-12-14(8(3)4)10(9)6-11-13;2*1-5(2)7-9-10(14-11-7)8(6(3)4)12-13-9/h7-8H,1-6H3;7-9H,1-6H3;6-9H,1-5H3;5,7-8H,6H2,1-4H3;5-7H,1-4H3;5-8H,1-4H3;5-6H,1-4H3,(H,11,14)(H,12,13);5-6H,1-4H3. The van der Waals surface area contributed by atoms with Gasteiger partial charge in [0, 0.05) is 82.2 Å². The van der Waals surface area contributed by atoms with E-state index in [-0.39, 0.29) is 59.2 Å². The number of aromatic nitrogens is 18. The lowest BCUT2D eigenvalue weighted by atomic mass is 10.0. The number of nitrogens with one attached hydrogen (secondary N) is 2. The summed E-state index contributed by atoms with van der Waals surface area (Å²) < 4.78 is 30.3. The Kier molecular flexibility index (Phi) is 29.9. The Morgan fingerprint density at radius 1 is 0.484 bits per heavy atom. The molecular weight excluding hydrogens is 1590 g/mol. The third kappa shape index (κ3) is 19.4. The number of carbonyl (C=O) groups excluding carboxylic acids is 5. The first-order valence-corrected chi connectivity index (χ1v) is 45.9. The van der Waals surface area contributed by atoms with E-state index in [1.54, 1.807) is 61.5 Å². The summed E-state index contributed by atoms with van der Waals surface area (Å²) in [6.45, 7) is 77.3. The minimum Gasteiger partial charge on any atom is -0.355 e. The quantitative estimate of drug-likeness (QED) is 0.0956. The lowest BCUT2D eigenvalue weighted by Crippen LogP contribution is -2.45. The monoisotopic (exact) mass is 1730 g/mol. The first kappa shape index (κ1) is 96.3. The van der Waals surface area contributed by atoms with Crippen LogP contribution in [0.2, 0.25) is 0 Å². The van der Waals surface area contributed by atoms with Gasteiger partial charge in [0.2, 0.25) is 23.8 Å². The molecule has 0 bridgehead atoms. The summed E-state index contributed by atoms with van der Waals surface area (Å²) in [5.74, 6) is 6.44. The number of imide groups is 1. The number of thiophene rings is 1. The summed E-state index contributed by atoms with van der Waals surface area (Å²) in [5.41, 5.74) is 15.6. The van der Waals surface area contributed by atoms with Crippen LogP contribution in [0.15, 0.2) is 53.3 Å². The number of amides is 5.